The predicted octanol–water partition coefficient (Wildman–Crippen LogP) is 1.29. The average molecular weight is 233 g/mol. The number of piperazine rings is 1. The third kappa shape index (κ3) is 2.61. The van der Waals surface area contributed by atoms with Crippen molar-refractivity contribution in [2.75, 3.05) is 31.1 Å². The van der Waals surface area contributed by atoms with Crippen molar-refractivity contribution in [2.45, 2.75) is 26.3 Å². The summed E-state index contributed by atoms with van der Waals surface area (Å²) in [4.78, 5) is 2.49. The summed E-state index contributed by atoms with van der Waals surface area (Å²) in [6.45, 7) is 8.26. The van der Waals surface area contributed by atoms with Gasteiger partial charge in [-0.15, -0.1) is 0 Å². The van der Waals surface area contributed by atoms with E-state index >= 15 is 0 Å². The third-order valence-corrected chi connectivity index (χ3v) is 3.56. The third-order valence-electron chi connectivity index (χ3n) is 3.56. The van der Waals surface area contributed by atoms with Gasteiger partial charge in [-0.1, -0.05) is 25.1 Å². The van der Waals surface area contributed by atoms with E-state index in [1.54, 1.807) is 0 Å². The maximum Gasteiger partial charge on any atom is 0.0429 e. The number of nitrogens with zero attached hydrogens (tertiary/aromatic N) is 1. The average Bonchev–Trinajstić information content (AvgIpc) is 2.38. The van der Waals surface area contributed by atoms with Crippen LogP contribution >= 0.6 is 0 Å². The van der Waals surface area contributed by atoms with Crippen LogP contribution in [0.1, 0.15) is 18.1 Å². The molecule has 1 aliphatic heterocycles. The van der Waals surface area contributed by atoms with Crippen molar-refractivity contribution < 1.29 is 0 Å². The van der Waals surface area contributed by atoms with E-state index in [-0.39, 0.29) is 0 Å². The molecule has 3 nitrogen and oxygen atoms in total. The molecule has 2 rings (SSSR count). The Labute approximate surface area is 104 Å². The highest BCUT2D eigenvalue weighted by Gasteiger charge is 2.20. The minimum Gasteiger partial charge on any atom is -0.368 e. The molecule has 0 bridgehead atoms. The molecule has 1 heterocycles. The summed E-state index contributed by atoms with van der Waals surface area (Å²) in [6.07, 6.45) is 1.09. The second-order valence-corrected chi connectivity index (χ2v) is 4.77. The topological polar surface area (TPSA) is 41.3 Å². The van der Waals surface area contributed by atoms with Crippen LogP contribution in [0.3, 0.4) is 0 Å². The van der Waals surface area contributed by atoms with Gasteiger partial charge in [0.05, 0.1) is 0 Å². The number of hydrogen-bond acceptors (Lipinski definition) is 3. The van der Waals surface area contributed by atoms with E-state index in [0.29, 0.717) is 12.6 Å². The van der Waals surface area contributed by atoms with Crippen molar-refractivity contribution in [1.82, 2.24) is 5.32 Å². The Kier molecular flexibility index (Phi) is 4.02. The highest BCUT2D eigenvalue weighted by Crippen LogP contribution is 2.26. The van der Waals surface area contributed by atoms with Crippen LogP contribution in [0.25, 0.3) is 0 Å². The van der Waals surface area contributed by atoms with Gasteiger partial charge in [0.2, 0.25) is 0 Å². The zero-order chi connectivity index (χ0) is 12.3. The van der Waals surface area contributed by atoms with Crippen molar-refractivity contribution in [3.63, 3.8) is 0 Å². The maximum atomic E-state index is 5.76. The lowest BCUT2D eigenvalue weighted by Gasteiger charge is -2.36. The molecule has 0 aliphatic carbocycles. The highest BCUT2D eigenvalue weighted by atomic mass is 15.2. The number of hydrogen-bond donors (Lipinski definition) is 2. The number of nitrogens with one attached hydrogen (secondary N) is 1. The number of anilines is 1. The normalized spacial score (nSPS) is 20.6. The maximum absolute atomic E-state index is 5.76. The first-order chi connectivity index (χ1) is 8.26. The molecule has 17 heavy (non-hydrogen) atoms. The lowest BCUT2D eigenvalue weighted by atomic mass is 10.0. The fraction of sp³-hybridized carbons (Fsp3) is 0.571. The SMILES string of the molecule is CCc1cccc(C)c1N1CCNC(CN)C1. The summed E-state index contributed by atoms with van der Waals surface area (Å²) in [5.74, 6) is 0. The van der Waals surface area contributed by atoms with Crippen LogP contribution in [0.4, 0.5) is 5.69 Å². The van der Waals surface area contributed by atoms with E-state index < -0.39 is 0 Å². The minimum atomic E-state index is 0.424. The second kappa shape index (κ2) is 5.52. The minimum absolute atomic E-state index is 0.424. The molecule has 0 aromatic heterocycles. The Morgan fingerprint density at radius 3 is 3.00 bits per heavy atom. The fourth-order valence-corrected chi connectivity index (χ4v) is 2.64. The Morgan fingerprint density at radius 1 is 1.47 bits per heavy atom. The van der Waals surface area contributed by atoms with Crippen molar-refractivity contribution in [3.8, 4) is 0 Å². The molecular formula is C14H23N3. The van der Waals surface area contributed by atoms with Crippen molar-refractivity contribution in [2.24, 2.45) is 5.73 Å². The molecule has 0 amide bonds. The molecule has 1 fully saturated rings. The van der Waals surface area contributed by atoms with Gasteiger partial charge in [-0.25, -0.2) is 0 Å². The molecule has 1 aliphatic rings. The van der Waals surface area contributed by atoms with Crippen molar-refractivity contribution in [1.29, 1.82) is 0 Å². The molecular weight excluding hydrogens is 210 g/mol. The van der Waals surface area contributed by atoms with E-state index in [1.165, 1.54) is 16.8 Å². The van der Waals surface area contributed by atoms with E-state index in [4.69, 9.17) is 5.73 Å². The smallest absolute Gasteiger partial charge is 0.0429 e. The molecule has 1 unspecified atom stereocenters. The lowest BCUT2D eigenvalue weighted by Crippen LogP contribution is -2.54. The Bertz CT molecular complexity index is 376. The summed E-state index contributed by atoms with van der Waals surface area (Å²) in [5.41, 5.74) is 10.0. The molecule has 1 saturated heterocycles. The molecule has 1 aromatic rings. The molecule has 1 aromatic carbocycles. The lowest BCUT2D eigenvalue weighted by molar-refractivity contribution is 0.462. The fourth-order valence-electron chi connectivity index (χ4n) is 2.64. The monoisotopic (exact) mass is 233 g/mol. The quantitative estimate of drug-likeness (QED) is 0.826. The van der Waals surface area contributed by atoms with Crippen LogP contribution in [-0.4, -0.2) is 32.2 Å². The van der Waals surface area contributed by atoms with E-state index in [0.717, 1.165) is 26.1 Å². The standard InChI is InChI=1S/C14H23N3/c1-3-12-6-4-5-11(2)14(12)17-8-7-16-13(9-15)10-17/h4-6,13,16H,3,7-10,15H2,1-2H3. The first kappa shape index (κ1) is 12.4. The van der Waals surface area contributed by atoms with Gasteiger partial charge in [-0.05, 0) is 24.5 Å². The van der Waals surface area contributed by atoms with Gasteiger partial charge in [-0.2, -0.15) is 0 Å². The van der Waals surface area contributed by atoms with E-state index in [2.05, 4.69) is 42.3 Å². The van der Waals surface area contributed by atoms with Crippen LogP contribution in [0.15, 0.2) is 18.2 Å². The molecule has 3 N–H and O–H groups in total. The predicted molar refractivity (Wildman–Crippen MR) is 73.6 cm³/mol. The van der Waals surface area contributed by atoms with E-state index in [1.807, 2.05) is 0 Å². The van der Waals surface area contributed by atoms with Crippen LogP contribution in [0.2, 0.25) is 0 Å². The first-order valence-corrected chi connectivity index (χ1v) is 6.53. The first-order valence-electron chi connectivity index (χ1n) is 6.53. The van der Waals surface area contributed by atoms with Crippen molar-refractivity contribution >= 4 is 5.69 Å². The Hall–Kier alpha value is -1.06. The number of para-hydroxylation sites is 1. The van der Waals surface area contributed by atoms with Crippen LogP contribution in [0.5, 0.6) is 0 Å². The number of nitrogens with two attached hydrogens (primary N) is 1. The summed E-state index contributed by atoms with van der Waals surface area (Å²) in [6, 6.07) is 7.02. The van der Waals surface area contributed by atoms with Gasteiger partial charge in [0.25, 0.3) is 0 Å². The van der Waals surface area contributed by atoms with Gasteiger partial charge >= 0.3 is 0 Å². The molecule has 1 atom stereocenters. The number of benzene rings is 1. The summed E-state index contributed by atoms with van der Waals surface area (Å²) in [7, 11) is 0. The van der Waals surface area contributed by atoms with Gasteiger partial charge < -0.3 is 16.0 Å². The van der Waals surface area contributed by atoms with Gasteiger partial charge in [0, 0.05) is 37.9 Å². The van der Waals surface area contributed by atoms with Crippen LogP contribution in [-0.2, 0) is 6.42 Å². The molecule has 0 radical (unpaired) electrons. The molecule has 0 spiro atoms. The van der Waals surface area contributed by atoms with Gasteiger partial charge in [-0.3, -0.25) is 0 Å². The molecule has 3 heteroatoms. The molecule has 0 saturated carbocycles. The van der Waals surface area contributed by atoms with Crippen LogP contribution < -0.4 is 16.0 Å². The largest absolute Gasteiger partial charge is 0.368 e. The highest BCUT2D eigenvalue weighted by molar-refractivity contribution is 5.59. The Morgan fingerprint density at radius 2 is 2.29 bits per heavy atom. The number of aryl methyl sites for hydroxylation is 2. The summed E-state index contributed by atoms with van der Waals surface area (Å²) in [5, 5.41) is 3.46. The van der Waals surface area contributed by atoms with Gasteiger partial charge in [0.1, 0.15) is 0 Å². The van der Waals surface area contributed by atoms with Crippen LogP contribution in [0, 0.1) is 6.92 Å². The van der Waals surface area contributed by atoms with Gasteiger partial charge in [0.15, 0.2) is 0 Å². The van der Waals surface area contributed by atoms with E-state index in [9.17, 15) is 0 Å². The zero-order valence-corrected chi connectivity index (χ0v) is 10.9. The Balaban J connectivity index is 2.26. The second-order valence-electron chi connectivity index (χ2n) is 4.77. The number of rotatable bonds is 3. The summed E-state index contributed by atoms with van der Waals surface area (Å²) >= 11 is 0. The molecule has 94 valence electrons. The summed E-state index contributed by atoms with van der Waals surface area (Å²) < 4.78 is 0. The zero-order valence-electron chi connectivity index (χ0n) is 10.9. The van der Waals surface area contributed by atoms with Crippen molar-refractivity contribution in [3.05, 3.63) is 29.3 Å².